The first-order chi connectivity index (χ1) is 12.3. The van der Waals surface area contributed by atoms with Gasteiger partial charge >= 0.3 is 0 Å². The van der Waals surface area contributed by atoms with Crippen LogP contribution in [-0.2, 0) is 6.54 Å². The van der Waals surface area contributed by atoms with E-state index < -0.39 is 0 Å². The number of nitriles is 1. The van der Waals surface area contributed by atoms with Crippen LogP contribution in [0.1, 0.15) is 24.0 Å². The standard InChI is InChI=1S/C20H19N5.ClH/c21-13-15-6-8-17(9-7-15)19-22-20(24-23-19)18-5-3-4-16(12-18)14-25-10-1-2-11-25;/h3-9,12H,1-2,10-11,14H2,(H,22,23,24);1H. The molecule has 1 aliphatic heterocycles. The van der Waals surface area contributed by atoms with E-state index in [1.54, 1.807) is 12.1 Å². The SMILES string of the molecule is Cl.N#Cc1ccc(-c2nc(-c3cccc(CN4CCCC4)c3)n[nH]2)cc1. The molecule has 0 unspecified atom stereocenters. The number of halogens is 1. The maximum absolute atomic E-state index is 8.89. The predicted octanol–water partition coefficient (Wildman–Crippen LogP) is 4.03. The second kappa shape index (κ2) is 8.13. The summed E-state index contributed by atoms with van der Waals surface area (Å²) in [5, 5.41) is 16.3. The van der Waals surface area contributed by atoms with E-state index in [0.29, 0.717) is 17.2 Å². The fraction of sp³-hybridized carbons (Fsp3) is 0.250. The van der Waals surface area contributed by atoms with Gasteiger partial charge in [0, 0.05) is 17.7 Å². The van der Waals surface area contributed by atoms with E-state index in [2.05, 4.69) is 44.3 Å². The van der Waals surface area contributed by atoms with Gasteiger partial charge in [-0.05, 0) is 61.8 Å². The Kier molecular flexibility index (Phi) is 5.67. The zero-order valence-corrected chi connectivity index (χ0v) is 15.2. The van der Waals surface area contributed by atoms with Crippen molar-refractivity contribution in [3.05, 3.63) is 59.7 Å². The highest BCUT2D eigenvalue weighted by Gasteiger charge is 2.13. The number of rotatable bonds is 4. The highest BCUT2D eigenvalue weighted by atomic mass is 35.5. The molecule has 3 aromatic rings. The van der Waals surface area contributed by atoms with Gasteiger partial charge in [0.15, 0.2) is 11.6 Å². The van der Waals surface area contributed by atoms with Crippen LogP contribution in [0.3, 0.4) is 0 Å². The molecule has 0 aliphatic carbocycles. The molecule has 1 fully saturated rings. The monoisotopic (exact) mass is 365 g/mol. The number of H-pyrrole nitrogens is 1. The van der Waals surface area contributed by atoms with E-state index in [4.69, 9.17) is 5.26 Å². The third-order valence-corrected chi connectivity index (χ3v) is 4.56. The van der Waals surface area contributed by atoms with Crippen LogP contribution >= 0.6 is 12.4 Å². The highest BCUT2D eigenvalue weighted by molar-refractivity contribution is 5.85. The Hall–Kier alpha value is -2.68. The Morgan fingerprint density at radius 2 is 1.81 bits per heavy atom. The number of benzene rings is 2. The summed E-state index contributed by atoms with van der Waals surface area (Å²) >= 11 is 0. The van der Waals surface area contributed by atoms with Crippen molar-refractivity contribution in [1.82, 2.24) is 20.1 Å². The molecule has 26 heavy (non-hydrogen) atoms. The molecule has 0 bridgehead atoms. The van der Waals surface area contributed by atoms with Gasteiger partial charge in [-0.1, -0.05) is 18.2 Å². The molecule has 1 aromatic heterocycles. The molecule has 0 amide bonds. The van der Waals surface area contributed by atoms with Crippen molar-refractivity contribution in [3.63, 3.8) is 0 Å². The first-order valence-electron chi connectivity index (χ1n) is 8.56. The number of hydrogen-bond donors (Lipinski definition) is 1. The molecule has 4 rings (SSSR count). The Morgan fingerprint density at radius 3 is 2.54 bits per heavy atom. The zero-order chi connectivity index (χ0) is 17.1. The number of nitrogens with zero attached hydrogens (tertiary/aromatic N) is 4. The minimum absolute atomic E-state index is 0. The van der Waals surface area contributed by atoms with Crippen molar-refractivity contribution < 1.29 is 0 Å². The Bertz CT molecular complexity index is 904. The van der Waals surface area contributed by atoms with Crippen molar-refractivity contribution in [1.29, 1.82) is 5.26 Å². The van der Waals surface area contributed by atoms with Crippen molar-refractivity contribution in [2.45, 2.75) is 19.4 Å². The van der Waals surface area contributed by atoms with Crippen LogP contribution in [0.4, 0.5) is 0 Å². The summed E-state index contributed by atoms with van der Waals surface area (Å²) < 4.78 is 0. The van der Waals surface area contributed by atoms with Gasteiger partial charge in [-0.3, -0.25) is 10.00 Å². The van der Waals surface area contributed by atoms with Gasteiger partial charge in [0.25, 0.3) is 0 Å². The van der Waals surface area contributed by atoms with E-state index in [0.717, 1.165) is 17.7 Å². The van der Waals surface area contributed by atoms with Crippen molar-refractivity contribution in [3.8, 4) is 28.8 Å². The lowest BCUT2D eigenvalue weighted by Gasteiger charge is -2.14. The van der Waals surface area contributed by atoms with Gasteiger partial charge in [-0.2, -0.15) is 10.4 Å². The first-order valence-corrected chi connectivity index (χ1v) is 8.56. The molecular formula is C20H20ClN5. The van der Waals surface area contributed by atoms with Gasteiger partial charge in [0.1, 0.15) is 0 Å². The van der Waals surface area contributed by atoms with Gasteiger partial charge in [0.05, 0.1) is 11.6 Å². The van der Waals surface area contributed by atoms with Crippen LogP contribution < -0.4 is 0 Å². The second-order valence-corrected chi connectivity index (χ2v) is 6.38. The quantitative estimate of drug-likeness (QED) is 0.757. The average molecular weight is 366 g/mol. The molecule has 2 aromatic carbocycles. The lowest BCUT2D eigenvalue weighted by atomic mass is 10.1. The topological polar surface area (TPSA) is 68.6 Å². The summed E-state index contributed by atoms with van der Waals surface area (Å²) in [7, 11) is 0. The fourth-order valence-electron chi connectivity index (χ4n) is 3.23. The summed E-state index contributed by atoms with van der Waals surface area (Å²) in [5.74, 6) is 1.41. The predicted molar refractivity (Wildman–Crippen MR) is 104 cm³/mol. The summed E-state index contributed by atoms with van der Waals surface area (Å²) in [6.45, 7) is 3.36. The molecule has 0 spiro atoms. The number of likely N-dealkylation sites (tertiary alicyclic amines) is 1. The molecule has 1 aliphatic rings. The van der Waals surface area contributed by atoms with Gasteiger partial charge in [-0.25, -0.2) is 4.98 Å². The molecule has 0 atom stereocenters. The van der Waals surface area contributed by atoms with Gasteiger partial charge in [-0.15, -0.1) is 12.4 Å². The smallest absolute Gasteiger partial charge is 0.181 e. The van der Waals surface area contributed by atoms with Crippen molar-refractivity contribution in [2.24, 2.45) is 0 Å². The van der Waals surface area contributed by atoms with Gasteiger partial charge in [0.2, 0.25) is 0 Å². The maximum Gasteiger partial charge on any atom is 0.181 e. The summed E-state index contributed by atoms with van der Waals surface area (Å²) in [5.41, 5.74) is 3.88. The Balaban J connectivity index is 0.00000196. The molecule has 132 valence electrons. The minimum Gasteiger partial charge on any atom is -0.299 e. The molecule has 0 radical (unpaired) electrons. The third-order valence-electron chi connectivity index (χ3n) is 4.56. The lowest BCUT2D eigenvalue weighted by molar-refractivity contribution is 0.331. The van der Waals surface area contributed by atoms with Gasteiger partial charge < -0.3 is 0 Å². The largest absolute Gasteiger partial charge is 0.299 e. The molecule has 6 heteroatoms. The summed E-state index contributed by atoms with van der Waals surface area (Å²) in [6, 6.07) is 17.9. The zero-order valence-electron chi connectivity index (χ0n) is 14.4. The number of nitrogens with one attached hydrogen (secondary N) is 1. The average Bonchev–Trinajstić information content (AvgIpc) is 3.34. The number of hydrogen-bond acceptors (Lipinski definition) is 4. The molecule has 0 saturated carbocycles. The van der Waals surface area contributed by atoms with Crippen LogP contribution in [0.2, 0.25) is 0 Å². The molecule has 1 saturated heterocycles. The Morgan fingerprint density at radius 1 is 1.04 bits per heavy atom. The molecule has 2 heterocycles. The van der Waals surface area contributed by atoms with Crippen LogP contribution in [0.5, 0.6) is 0 Å². The third kappa shape index (κ3) is 3.93. The van der Waals surface area contributed by atoms with E-state index in [-0.39, 0.29) is 12.4 Å². The lowest BCUT2D eigenvalue weighted by Crippen LogP contribution is -2.18. The number of aromatic nitrogens is 3. The summed E-state index contributed by atoms with van der Waals surface area (Å²) in [4.78, 5) is 7.10. The fourth-order valence-corrected chi connectivity index (χ4v) is 3.23. The van der Waals surface area contributed by atoms with Crippen LogP contribution in [0.15, 0.2) is 48.5 Å². The van der Waals surface area contributed by atoms with Crippen molar-refractivity contribution in [2.75, 3.05) is 13.1 Å². The minimum atomic E-state index is 0. The first kappa shape index (κ1) is 18.1. The highest BCUT2D eigenvalue weighted by Crippen LogP contribution is 2.22. The van der Waals surface area contributed by atoms with Crippen LogP contribution in [0, 0.1) is 11.3 Å². The molecule has 5 nitrogen and oxygen atoms in total. The molecular weight excluding hydrogens is 346 g/mol. The van der Waals surface area contributed by atoms with E-state index >= 15 is 0 Å². The van der Waals surface area contributed by atoms with Crippen molar-refractivity contribution >= 4 is 12.4 Å². The van der Waals surface area contributed by atoms with E-state index in [9.17, 15) is 0 Å². The second-order valence-electron chi connectivity index (χ2n) is 6.38. The van der Waals surface area contributed by atoms with E-state index in [1.165, 1.54) is 31.5 Å². The summed E-state index contributed by atoms with van der Waals surface area (Å²) in [6.07, 6.45) is 2.60. The number of aromatic amines is 1. The normalized spacial score (nSPS) is 14.0. The van der Waals surface area contributed by atoms with E-state index in [1.807, 2.05) is 18.2 Å². The molecule has 1 N–H and O–H groups in total. The van der Waals surface area contributed by atoms with Crippen LogP contribution in [-0.4, -0.2) is 33.2 Å². The Labute approximate surface area is 159 Å². The maximum atomic E-state index is 8.89. The van der Waals surface area contributed by atoms with Crippen LogP contribution in [0.25, 0.3) is 22.8 Å².